The molecule has 0 spiro atoms. The molecule has 28 heavy (non-hydrogen) atoms. The van der Waals surface area contributed by atoms with Crippen molar-refractivity contribution in [1.29, 1.82) is 0 Å². The monoisotopic (exact) mass is 380 g/mol. The van der Waals surface area contributed by atoms with E-state index in [-0.39, 0.29) is 0 Å². The molecular formula is C27H25P. The van der Waals surface area contributed by atoms with Gasteiger partial charge in [0.1, 0.15) is 0 Å². The summed E-state index contributed by atoms with van der Waals surface area (Å²) in [5.41, 5.74) is 11.5. The number of fused-ring (bicyclic) bond motifs is 2. The van der Waals surface area contributed by atoms with Gasteiger partial charge in [0.2, 0.25) is 0 Å². The van der Waals surface area contributed by atoms with Gasteiger partial charge in [0, 0.05) is 0 Å². The van der Waals surface area contributed by atoms with Crippen LogP contribution < -0.4 is 5.30 Å². The quantitative estimate of drug-likeness (QED) is 0.444. The summed E-state index contributed by atoms with van der Waals surface area (Å²) in [6.45, 7) is 7.14. The number of hydrogen-bond donors (Lipinski definition) is 0. The first kappa shape index (κ1) is 17.7. The van der Waals surface area contributed by atoms with Crippen molar-refractivity contribution < 1.29 is 0 Å². The molecule has 0 fully saturated rings. The molecule has 0 amide bonds. The van der Waals surface area contributed by atoms with Gasteiger partial charge in [-0.3, -0.25) is 0 Å². The van der Waals surface area contributed by atoms with Crippen LogP contribution in [0.25, 0.3) is 12.2 Å². The number of allylic oxidation sites excluding steroid dienone is 2. The molecule has 0 saturated carbocycles. The van der Waals surface area contributed by atoms with E-state index >= 15 is 0 Å². The summed E-state index contributed by atoms with van der Waals surface area (Å²) >= 11 is 0. The Balaban J connectivity index is 1.78. The summed E-state index contributed by atoms with van der Waals surface area (Å²) in [4.78, 5) is 0. The minimum absolute atomic E-state index is 1.36. The van der Waals surface area contributed by atoms with Crippen LogP contribution >= 0.6 is 7.26 Å². The van der Waals surface area contributed by atoms with Crippen LogP contribution in [0.5, 0.6) is 0 Å². The molecule has 0 bridgehead atoms. The molecule has 0 aromatic heterocycles. The Bertz CT molecular complexity index is 1040. The van der Waals surface area contributed by atoms with Crippen molar-refractivity contribution in [2.45, 2.75) is 13.8 Å². The predicted octanol–water partition coefficient (Wildman–Crippen LogP) is 6.69. The molecule has 0 atom stereocenters. The number of hydrogen-bond acceptors (Lipinski definition) is 0. The van der Waals surface area contributed by atoms with Crippen LogP contribution in [0.2, 0.25) is 0 Å². The zero-order valence-corrected chi connectivity index (χ0v) is 17.7. The maximum atomic E-state index is 2.55. The SMILES string of the molecule is CC1=Cc2ccccc2[C]1[PH](C)([C]1C(C)=Cc2ccccc21)c1ccccc1. The molecule has 0 unspecified atom stereocenters. The molecule has 5 rings (SSSR count). The van der Waals surface area contributed by atoms with Crippen LogP contribution in [0.15, 0.2) is 90.0 Å². The van der Waals surface area contributed by atoms with E-state index in [1.807, 2.05) is 0 Å². The van der Waals surface area contributed by atoms with Crippen LogP contribution in [-0.2, 0) is 0 Å². The van der Waals surface area contributed by atoms with Crippen LogP contribution in [0.4, 0.5) is 0 Å². The van der Waals surface area contributed by atoms with Gasteiger partial charge in [0.25, 0.3) is 0 Å². The van der Waals surface area contributed by atoms with Gasteiger partial charge in [-0.25, -0.2) is 0 Å². The molecule has 0 nitrogen and oxygen atoms in total. The second-order valence-electron chi connectivity index (χ2n) is 8.07. The first-order chi connectivity index (χ1) is 13.6. The summed E-state index contributed by atoms with van der Waals surface area (Å²) in [6, 6.07) is 29.0. The number of benzene rings is 3. The van der Waals surface area contributed by atoms with Gasteiger partial charge in [-0.15, -0.1) is 0 Å². The van der Waals surface area contributed by atoms with Crippen molar-refractivity contribution in [3.63, 3.8) is 0 Å². The zero-order valence-electron chi connectivity index (χ0n) is 16.7. The number of rotatable bonds is 3. The fraction of sp³-hybridized carbons (Fsp3) is 0.111. The Morgan fingerprint density at radius 1 is 0.536 bits per heavy atom. The van der Waals surface area contributed by atoms with E-state index in [4.69, 9.17) is 0 Å². The van der Waals surface area contributed by atoms with E-state index in [0.717, 1.165) is 0 Å². The fourth-order valence-corrected chi connectivity index (χ4v) is 10.2. The summed E-state index contributed by atoms with van der Waals surface area (Å²) in [6.07, 6.45) is 4.75. The third-order valence-electron chi connectivity index (χ3n) is 6.34. The zero-order chi connectivity index (χ0) is 19.3. The van der Waals surface area contributed by atoms with Gasteiger partial charge >= 0.3 is 169 Å². The molecule has 0 N–H and O–H groups in total. The standard InChI is InChI=1S/C27H25P/c1-19-17-21-11-7-9-15-24(21)26(19)28(3,23-13-5-4-6-14-23)27-20(2)18-22-12-8-10-16-25(22)27/h4-18,28H,1-3H3. The van der Waals surface area contributed by atoms with Crippen LogP contribution in [0, 0.1) is 11.3 Å². The predicted molar refractivity (Wildman–Crippen MR) is 125 cm³/mol. The molecule has 3 aromatic rings. The average Bonchev–Trinajstić information content (AvgIpc) is 3.24. The fourth-order valence-electron chi connectivity index (χ4n) is 5.25. The van der Waals surface area contributed by atoms with E-state index in [1.54, 1.807) is 11.3 Å². The normalized spacial score (nSPS) is 17.1. The molecule has 0 saturated heterocycles. The van der Waals surface area contributed by atoms with Crippen molar-refractivity contribution in [3.05, 3.63) is 124 Å². The second-order valence-corrected chi connectivity index (χ2v) is 11.9. The average molecular weight is 380 g/mol. The molecule has 2 aliphatic carbocycles. The van der Waals surface area contributed by atoms with Crippen molar-refractivity contribution >= 4 is 24.7 Å². The van der Waals surface area contributed by atoms with Crippen molar-refractivity contribution in [1.82, 2.24) is 0 Å². The van der Waals surface area contributed by atoms with Gasteiger partial charge in [0.05, 0.1) is 0 Å². The molecule has 2 radical (unpaired) electrons. The summed E-state index contributed by atoms with van der Waals surface area (Å²) in [7, 11) is -2.19. The van der Waals surface area contributed by atoms with Crippen LogP contribution in [0.3, 0.4) is 0 Å². The summed E-state index contributed by atoms with van der Waals surface area (Å²) in [5.74, 6) is 0. The van der Waals surface area contributed by atoms with Crippen LogP contribution in [0.1, 0.15) is 36.1 Å². The molecular weight excluding hydrogens is 355 g/mol. The van der Waals surface area contributed by atoms with Gasteiger partial charge in [-0.05, 0) is 0 Å². The second kappa shape index (κ2) is 6.57. The van der Waals surface area contributed by atoms with Crippen molar-refractivity contribution in [3.8, 4) is 0 Å². The van der Waals surface area contributed by atoms with Crippen molar-refractivity contribution in [2.75, 3.05) is 6.66 Å². The van der Waals surface area contributed by atoms with Crippen LogP contribution in [-0.4, -0.2) is 6.66 Å². The Kier molecular flexibility index (Phi) is 4.14. The van der Waals surface area contributed by atoms with E-state index in [2.05, 4.69) is 112 Å². The molecule has 2 aliphatic rings. The topological polar surface area (TPSA) is 0 Å². The first-order valence-electron chi connectivity index (χ1n) is 9.97. The third-order valence-corrected chi connectivity index (χ3v) is 11.2. The summed E-state index contributed by atoms with van der Waals surface area (Å²) < 4.78 is 0. The van der Waals surface area contributed by atoms with E-state index in [0.29, 0.717) is 0 Å². The van der Waals surface area contributed by atoms with Gasteiger partial charge in [-0.1, -0.05) is 0 Å². The summed E-state index contributed by atoms with van der Waals surface area (Å²) in [5, 5.41) is 1.48. The van der Waals surface area contributed by atoms with Gasteiger partial charge in [0.15, 0.2) is 0 Å². The van der Waals surface area contributed by atoms with Gasteiger partial charge in [-0.2, -0.15) is 0 Å². The Morgan fingerprint density at radius 2 is 0.964 bits per heavy atom. The van der Waals surface area contributed by atoms with E-state index in [1.165, 1.54) is 38.7 Å². The Hall–Kier alpha value is -2.43. The van der Waals surface area contributed by atoms with E-state index < -0.39 is 7.26 Å². The first-order valence-corrected chi connectivity index (χ1v) is 12.5. The van der Waals surface area contributed by atoms with Crippen molar-refractivity contribution in [2.24, 2.45) is 0 Å². The molecule has 1 heteroatoms. The molecule has 3 aromatic carbocycles. The maximum absolute atomic E-state index is 2.55. The minimum atomic E-state index is -2.19. The molecule has 0 heterocycles. The third kappa shape index (κ3) is 2.48. The molecule has 138 valence electrons. The van der Waals surface area contributed by atoms with Gasteiger partial charge < -0.3 is 0 Å². The Morgan fingerprint density at radius 3 is 1.46 bits per heavy atom. The molecule has 0 aliphatic heterocycles. The van der Waals surface area contributed by atoms with E-state index in [9.17, 15) is 0 Å². The Labute approximate surface area is 169 Å².